The number of hydrogen-bond acceptors (Lipinski definition) is 7. The van der Waals surface area contributed by atoms with Crippen LogP contribution in [0.4, 0.5) is 10.5 Å². The van der Waals surface area contributed by atoms with Gasteiger partial charge < -0.3 is 9.47 Å². The number of ether oxygens (including phenoxy) is 2. The van der Waals surface area contributed by atoms with Crippen molar-refractivity contribution in [2.45, 2.75) is 13.5 Å². The number of carbonyl (C=O) groups excluding carboxylic acids is 2. The molecule has 0 atom stereocenters. The fourth-order valence-electron chi connectivity index (χ4n) is 2.84. The number of thioether (sulfide) groups is 1. The minimum absolute atomic E-state index is 0.0402. The highest BCUT2D eigenvalue weighted by Crippen LogP contribution is 2.35. The Balaban J connectivity index is 1.78. The predicted octanol–water partition coefficient (Wildman–Crippen LogP) is 4.79. The van der Waals surface area contributed by atoms with Crippen molar-refractivity contribution in [2.24, 2.45) is 0 Å². The lowest BCUT2D eigenvalue weighted by Crippen LogP contribution is -2.27. The molecule has 8 nitrogen and oxygen atoms in total. The summed E-state index contributed by atoms with van der Waals surface area (Å²) in [7, 11) is 0. The molecular weight excluding hydrogens is 420 g/mol. The van der Waals surface area contributed by atoms with Crippen molar-refractivity contribution < 1.29 is 24.0 Å². The largest absolute Gasteiger partial charge is 0.490 e. The SMILES string of the molecule is C=CCOc1ccc(/C=C2/SC(=O)N(Cc3ccc([N+](=O)[O-])cc3)C2=O)cc1OCC. The van der Waals surface area contributed by atoms with E-state index in [0.717, 1.165) is 16.7 Å². The van der Waals surface area contributed by atoms with Crippen LogP contribution in [0.15, 0.2) is 60.0 Å². The molecule has 1 aliphatic rings. The maximum Gasteiger partial charge on any atom is 0.293 e. The van der Waals surface area contributed by atoms with Crippen LogP contribution in [0.3, 0.4) is 0 Å². The average Bonchev–Trinajstić information content (AvgIpc) is 3.01. The van der Waals surface area contributed by atoms with Gasteiger partial charge in [-0.1, -0.05) is 30.9 Å². The van der Waals surface area contributed by atoms with E-state index in [2.05, 4.69) is 6.58 Å². The van der Waals surface area contributed by atoms with Gasteiger partial charge in [0.25, 0.3) is 16.8 Å². The molecule has 31 heavy (non-hydrogen) atoms. The van der Waals surface area contributed by atoms with Gasteiger partial charge in [-0.3, -0.25) is 24.6 Å². The minimum atomic E-state index is -0.503. The molecule has 0 radical (unpaired) electrons. The van der Waals surface area contributed by atoms with Crippen molar-refractivity contribution in [2.75, 3.05) is 13.2 Å². The molecule has 0 aromatic heterocycles. The van der Waals surface area contributed by atoms with E-state index in [1.165, 1.54) is 24.3 Å². The third-order valence-electron chi connectivity index (χ3n) is 4.28. The zero-order valence-corrected chi connectivity index (χ0v) is 17.6. The highest BCUT2D eigenvalue weighted by molar-refractivity contribution is 8.18. The highest BCUT2D eigenvalue weighted by atomic mass is 32.2. The number of amides is 2. The monoisotopic (exact) mass is 440 g/mol. The molecule has 9 heteroatoms. The van der Waals surface area contributed by atoms with Crippen LogP contribution in [-0.4, -0.2) is 34.2 Å². The van der Waals surface area contributed by atoms with Crippen molar-refractivity contribution in [3.05, 3.63) is 81.3 Å². The van der Waals surface area contributed by atoms with Gasteiger partial charge >= 0.3 is 0 Å². The number of nitro benzene ring substituents is 1. The maximum absolute atomic E-state index is 12.8. The summed E-state index contributed by atoms with van der Waals surface area (Å²) in [5.74, 6) is 0.673. The van der Waals surface area contributed by atoms with Crippen LogP contribution in [0.25, 0.3) is 6.08 Å². The molecule has 1 fully saturated rings. The molecule has 160 valence electrons. The Morgan fingerprint density at radius 1 is 1.13 bits per heavy atom. The second kappa shape index (κ2) is 9.94. The Labute approximate surface area is 183 Å². The summed E-state index contributed by atoms with van der Waals surface area (Å²) in [5, 5.41) is 10.4. The van der Waals surface area contributed by atoms with E-state index in [0.29, 0.717) is 35.8 Å². The summed E-state index contributed by atoms with van der Waals surface area (Å²) in [5.41, 5.74) is 1.26. The van der Waals surface area contributed by atoms with E-state index in [-0.39, 0.29) is 17.1 Å². The number of nitro groups is 1. The number of carbonyl (C=O) groups is 2. The third-order valence-corrected chi connectivity index (χ3v) is 5.19. The van der Waals surface area contributed by atoms with Crippen molar-refractivity contribution in [1.29, 1.82) is 0 Å². The fourth-order valence-corrected chi connectivity index (χ4v) is 3.68. The summed E-state index contributed by atoms with van der Waals surface area (Å²) in [6.45, 7) is 6.29. The lowest BCUT2D eigenvalue weighted by Gasteiger charge is -2.12. The van der Waals surface area contributed by atoms with Gasteiger partial charge in [0.2, 0.25) is 0 Å². The number of imide groups is 1. The normalized spacial score (nSPS) is 14.7. The number of hydrogen-bond donors (Lipinski definition) is 0. The van der Waals surface area contributed by atoms with E-state index >= 15 is 0 Å². The van der Waals surface area contributed by atoms with Crippen molar-refractivity contribution in [3.8, 4) is 11.5 Å². The van der Waals surface area contributed by atoms with Crippen LogP contribution in [-0.2, 0) is 11.3 Å². The Bertz CT molecular complexity index is 1050. The summed E-state index contributed by atoms with van der Waals surface area (Å²) in [6.07, 6.45) is 3.26. The summed E-state index contributed by atoms with van der Waals surface area (Å²) >= 11 is 0.846. The van der Waals surface area contributed by atoms with Crippen molar-refractivity contribution in [3.63, 3.8) is 0 Å². The molecule has 2 aromatic rings. The number of nitrogens with zero attached hydrogens (tertiary/aromatic N) is 2. The zero-order valence-electron chi connectivity index (χ0n) is 16.8. The quantitative estimate of drug-likeness (QED) is 0.239. The van der Waals surface area contributed by atoms with E-state index in [1.54, 1.807) is 30.4 Å². The molecule has 2 aromatic carbocycles. The molecule has 0 saturated carbocycles. The predicted molar refractivity (Wildman–Crippen MR) is 118 cm³/mol. The molecule has 0 N–H and O–H groups in total. The van der Waals surface area contributed by atoms with Crippen molar-refractivity contribution >= 4 is 34.7 Å². The van der Waals surface area contributed by atoms with Gasteiger partial charge in [0.15, 0.2) is 11.5 Å². The van der Waals surface area contributed by atoms with Crippen LogP contribution >= 0.6 is 11.8 Å². The zero-order chi connectivity index (χ0) is 22.4. The summed E-state index contributed by atoms with van der Waals surface area (Å²) < 4.78 is 11.2. The van der Waals surface area contributed by atoms with Crippen LogP contribution in [0.1, 0.15) is 18.1 Å². The third kappa shape index (κ3) is 5.32. The van der Waals surface area contributed by atoms with Gasteiger partial charge in [-0.05, 0) is 48.0 Å². The van der Waals surface area contributed by atoms with E-state index < -0.39 is 16.1 Å². The highest BCUT2D eigenvalue weighted by Gasteiger charge is 2.35. The molecule has 0 bridgehead atoms. The molecule has 0 spiro atoms. The Morgan fingerprint density at radius 2 is 1.87 bits per heavy atom. The van der Waals surface area contributed by atoms with Gasteiger partial charge in [0.05, 0.1) is 23.0 Å². The van der Waals surface area contributed by atoms with Crippen molar-refractivity contribution in [1.82, 2.24) is 4.90 Å². The number of benzene rings is 2. The first kappa shape index (κ1) is 22.1. The average molecular weight is 440 g/mol. The summed E-state index contributed by atoms with van der Waals surface area (Å²) in [4.78, 5) is 36.8. The molecule has 3 rings (SSSR count). The maximum atomic E-state index is 12.8. The molecule has 1 saturated heterocycles. The lowest BCUT2D eigenvalue weighted by molar-refractivity contribution is -0.384. The minimum Gasteiger partial charge on any atom is -0.490 e. The van der Waals surface area contributed by atoms with Gasteiger partial charge in [-0.25, -0.2) is 0 Å². The van der Waals surface area contributed by atoms with Gasteiger partial charge in [0, 0.05) is 12.1 Å². The Morgan fingerprint density at radius 3 is 2.52 bits per heavy atom. The van der Waals surface area contributed by atoms with E-state index in [4.69, 9.17) is 9.47 Å². The van der Waals surface area contributed by atoms with E-state index in [1.807, 2.05) is 6.92 Å². The molecule has 1 heterocycles. The Hall–Kier alpha value is -3.59. The second-order valence-electron chi connectivity index (χ2n) is 6.43. The van der Waals surface area contributed by atoms with E-state index in [9.17, 15) is 19.7 Å². The molecular formula is C22H20N2O6S. The lowest BCUT2D eigenvalue weighted by atomic mass is 10.1. The van der Waals surface area contributed by atoms with Crippen LogP contribution < -0.4 is 9.47 Å². The smallest absolute Gasteiger partial charge is 0.293 e. The fraction of sp³-hybridized carbons (Fsp3) is 0.182. The van der Waals surface area contributed by atoms with Gasteiger partial charge in [-0.2, -0.15) is 0 Å². The number of rotatable bonds is 9. The Kier molecular flexibility index (Phi) is 7.09. The first-order valence-electron chi connectivity index (χ1n) is 9.42. The van der Waals surface area contributed by atoms with Crippen LogP contribution in [0.2, 0.25) is 0 Å². The first-order valence-corrected chi connectivity index (χ1v) is 10.2. The van der Waals surface area contributed by atoms with Gasteiger partial charge in [0.1, 0.15) is 6.61 Å². The van der Waals surface area contributed by atoms with Crippen LogP contribution in [0, 0.1) is 10.1 Å². The molecule has 2 amide bonds. The molecule has 0 aliphatic carbocycles. The van der Waals surface area contributed by atoms with Crippen LogP contribution in [0.5, 0.6) is 11.5 Å². The first-order chi connectivity index (χ1) is 14.9. The summed E-state index contributed by atoms with van der Waals surface area (Å²) in [6, 6.07) is 11.0. The molecule has 1 aliphatic heterocycles. The molecule has 0 unspecified atom stereocenters. The second-order valence-corrected chi connectivity index (χ2v) is 7.42. The number of non-ortho nitro benzene ring substituents is 1. The standard InChI is InChI=1S/C22H20N2O6S/c1-3-11-30-18-10-7-16(12-19(18)29-4-2)13-20-21(25)23(22(26)31-20)14-15-5-8-17(9-6-15)24(27)28/h3,5-10,12-13H,1,4,11,14H2,2H3/b20-13+. The topological polar surface area (TPSA) is 99.0 Å². The van der Waals surface area contributed by atoms with Gasteiger partial charge in [-0.15, -0.1) is 0 Å².